The fraction of sp³-hybridized carbons (Fsp3) is 0.438. The van der Waals surface area contributed by atoms with Gasteiger partial charge in [0.15, 0.2) is 0 Å². The second-order valence-corrected chi connectivity index (χ2v) is 9.40. The standard InChI is InChI=1S/C16H19FN4O3S2/c1-10-5-7-21(8-6-10)26(23,24)14-9-12(3-4-13(14)17)15(22)18-16-20-19-11(2)25-16/h3-4,9-10H,5-8H2,1-2H3,(H,18,20,22). The fourth-order valence-electron chi connectivity index (χ4n) is 2.72. The number of nitrogens with zero attached hydrogens (tertiary/aromatic N) is 3. The van der Waals surface area contributed by atoms with Crippen molar-refractivity contribution in [2.24, 2.45) is 5.92 Å². The van der Waals surface area contributed by atoms with Gasteiger partial charge >= 0.3 is 0 Å². The van der Waals surface area contributed by atoms with E-state index in [9.17, 15) is 17.6 Å². The minimum Gasteiger partial charge on any atom is -0.296 e. The zero-order chi connectivity index (χ0) is 18.9. The van der Waals surface area contributed by atoms with E-state index in [1.54, 1.807) is 6.92 Å². The highest BCUT2D eigenvalue weighted by molar-refractivity contribution is 7.89. The maximum atomic E-state index is 14.2. The number of halogens is 1. The number of aryl methyl sites for hydroxylation is 1. The molecule has 26 heavy (non-hydrogen) atoms. The molecule has 2 aromatic rings. The van der Waals surface area contributed by atoms with Crippen LogP contribution in [0.1, 0.15) is 35.1 Å². The number of hydrogen-bond donors (Lipinski definition) is 1. The van der Waals surface area contributed by atoms with Gasteiger partial charge in [-0.3, -0.25) is 10.1 Å². The van der Waals surface area contributed by atoms with Gasteiger partial charge in [0.1, 0.15) is 15.7 Å². The van der Waals surface area contributed by atoms with Gasteiger partial charge in [-0.2, -0.15) is 4.31 Å². The Morgan fingerprint density at radius 3 is 2.62 bits per heavy atom. The number of benzene rings is 1. The SMILES string of the molecule is Cc1nnc(NC(=O)c2ccc(F)c(S(=O)(=O)N3CCC(C)CC3)c2)s1. The zero-order valence-electron chi connectivity index (χ0n) is 14.4. The number of sulfonamides is 1. The van der Waals surface area contributed by atoms with E-state index in [0.717, 1.165) is 25.0 Å². The van der Waals surface area contributed by atoms with E-state index in [2.05, 4.69) is 22.4 Å². The number of anilines is 1. The highest BCUT2D eigenvalue weighted by Gasteiger charge is 2.31. The van der Waals surface area contributed by atoms with Crippen LogP contribution < -0.4 is 5.32 Å². The van der Waals surface area contributed by atoms with E-state index in [4.69, 9.17) is 0 Å². The lowest BCUT2D eigenvalue weighted by Gasteiger charge is -2.29. The summed E-state index contributed by atoms with van der Waals surface area (Å²) in [6.45, 7) is 4.51. The van der Waals surface area contributed by atoms with Crippen molar-refractivity contribution in [1.29, 1.82) is 0 Å². The zero-order valence-corrected chi connectivity index (χ0v) is 16.0. The molecule has 2 heterocycles. The summed E-state index contributed by atoms with van der Waals surface area (Å²) in [5, 5.41) is 11.1. The number of nitrogens with one attached hydrogen (secondary N) is 1. The van der Waals surface area contributed by atoms with Crippen molar-refractivity contribution in [1.82, 2.24) is 14.5 Å². The van der Waals surface area contributed by atoms with Crippen molar-refractivity contribution in [2.75, 3.05) is 18.4 Å². The number of piperidine rings is 1. The molecule has 1 fully saturated rings. The number of hydrogen-bond acceptors (Lipinski definition) is 6. The van der Waals surface area contributed by atoms with Gasteiger partial charge in [-0.1, -0.05) is 18.3 Å². The van der Waals surface area contributed by atoms with Crippen LogP contribution in [0, 0.1) is 18.7 Å². The molecule has 1 aliphatic rings. The number of rotatable bonds is 4. The third kappa shape index (κ3) is 3.92. The maximum Gasteiger partial charge on any atom is 0.257 e. The van der Waals surface area contributed by atoms with E-state index < -0.39 is 26.6 Å². The third-order valence-electron chi connectivity index (χ3n) is 4.30. The molecule has 0 unspecified atom stereocenters. The van der Waals surface area contributed by atoms with Crippen LogP contribution in [0.5, 0.6) is 0 Å². The van der Waals surface area contributed by atoms with E-state index in [1.807, 2.05) is 0 Å². The molecule has 0 aliphatic carbocycles. The Morgan fingerprint density at radius 2 is 2.00 bits per heavy atom. The molecule has 1 amide bonds. The maximum absolute atomic E-state index is 14.2. The van der Waals surface area contributed by atoms with Crippen molar-refractivity contribution >= 4 is 32.4 Å². The summed E-state index contributed by atoms with van der Waals surface area (Å²) in [4.78, 5) is 11.9. The largest absolute Gasteiger partial charge is 0.296 e. The number of amides is 1. The third-order valence-corrected chi connectivity index (χ3v) is 6.97. The second-order valence-electron chi connectivity index (χ2n) is 6.31. The Labute approximate surface area is 155 Å². The molecule has 1 saturated heterocycles. The smallest absolute Gasteiger partial charge is 0.257 e. The summed E-state index contributed by atoms with van der Waals surface area (Å²) < 4.78 is 41.1. The molecule has 10 heteroatoms. The summed E-state index contributed by atoms with van der Waals surface area (Å²) in [5.74, 6) is -0.990. The molecule has 0 spiro atoms. The minimum atomic E-state index is -3.99. The lowest BCUT2D eigenvalue weighted by Crippen LogP contribution is -2.38. The summed E-state index contributed by atoms with van der Waals surface area (Å²) >= 11 is 1.19. The van der Waals surface area contributed by atoms with Crippen molar-refractivity contribution in [3.05, 3.63) is 34.6 Å². The molecule has 1 aromatic carbocycles. The average Bonchev–Trinajstić information content (AvgIpc) is 3.00. The Kier molecular flexibility index (Phi) is 5.35. The number of carbonyl (C=O) groups is 1. The summed E-state index contributed by atoms with van der Waals surface area (Å²) in [6.07, 6.45) is 1.47. The highest BCUT2D eigenvalue weighted by Crippen LogP contribution is 2.26. The predicted octanol–water partition coefficient (Wildman–Crippen LogP) is 2.66. The molecule has 1 aromatic heterocycles. The van der Waals surface area contributed by atoms with Gasteiger partial charge in [-0.15, -0.1) is 10.2 Å². The molecule has 0 saturated carbocycles. The Hall–Kier alpha value is -1.91. The second kappa shape index (κ2) is 7.37. The first-order chi connectivity index (χ1) is 12.3. The molecule has 0 bridgehead atoms. The number of carbonyl (C=O) groups excluding carboxylic acids is 1. The molecular weight excluding hydrogens is 379 g/mol. The van der Waals surface area contributed by atoms with Crippen LogP contribution in [-0.2, 0) is 10.0 Å². The molecule has 0 atom stereocenters. The van der Waals surface area contributed by atoms with Crippen molar-refractivity contribution in [3.63, 3.8) is 0 Å². The molecule has 7 nitrogen and oxygen atoms in total. The first kappa shape index (κ1) is 18.9. The van der Waals surface area contributed by atoms with E-state index >= 15 is 0 Å². The van der Waals surface area contributed by atoms with Crippen LogP contribution in [0.25, 0.3) is 0 Å². The molecule has 0 radical (unpaired) electrons. The Morgan fingerprint density at radius 1 is 1.31 bits per heavy atom. The van der Waals surface area contributed by atoms with Gasteiger partial charge in [0, 0.05) is 18.7 Å². The van der Waals surface area contributed by atoms with Crippen molar-refractivity contribution < 1.29 is 17.6 Å². The average molecular weight is 398 g/mol. The topological polar surface area (TPSA) is 92.3 Å². The fourth-order valence-corrected chi connectivity index (χ4v) is 4.87. The van der Waals surface area contributed by atoms with Crippen LogP contribution >= 0.6 is 11.3 Å². The summed E-state index contributed by atoms with van der Waals surface area (Å²) in [6, 6.07) is 3.32. The lowest BCUT2D eigenvalue weighted by atomic mass is 10.0. The summed E-state index contributed by atoms with van der Waals surface area (Å²) in [5.41, 5.74) is 0.0446. The molecule has 1 aliphatic heterocycles. The minimum absolute atomic E-state index is 0.0446. The normalized spacial score (nSPS) is 16.6. The monoisotopic (exact) mass is 398 g/mol. The van der Waals surface area contributed by atoms with Crippen molar-refractivity contribution in [2.45, 2.75) is 31.6 Å². The van der Waals surface area contributed by atoms with Crippen LogP contribution in [0.3, 0.4) is 0 Å². The van der Waals surface area contributed by atoms with Gasteiger partial charge < -0.3 is 0 Å². The van der Waals surface area contributed by atoms with Crippen LogP contribution in [0.2, 0.25) is 0 Å². The Bertz CT molecular complexity index is 921. The van der Waals surface area contributed by atoms with Gasteiger partial charge in [0.2, 0.25) is 15.2 Å². The Balaban J connectivity index is 1.86. The van der Waals surface area contributed by atoms with Gasteiger partial charge in [-0.25, -0.2) is 12.8 Å². The van der Waals surface area contributed by atoms with E-state index in [-0.39, 0.29) is 5.56 Å². The lowest BCUT2D eigenvalue weighted by molar-refractivity contribution is 0.102. The van der Waals surface area contributed by atoms with E-state index in [1.165, 1.54) is 21.7 Å². The first-order valence-corrected chi connectivity index (χ1v) is 10.4. The predicted molar refractivity (Wildman–Crippen MR) is 96.2 cm³/mol. The first-order valence-electron chi connectivity index (χ1n) is 8.18. The molecular formula is C16H19FN4O3S2. The quantitative estimate of drug-likeness (QED) is 0.855. The highest BCUT2D eigenvalue weighted by atomic mass is 32.2. The van der Waals surface area contributed by atoms with Crippen LogP contribution in [-0.4, -0.2) is 41.9 Å². The van der Waals surface area contributed by atoms with Gasteiger partial charge in [-0.05, 0) is 43.9 Å². The van der Waals surface area contributed by atoms with Crippen molar-refractivity contribution in [3.8, 4) is 0 Å². The van der Waals surface area contributed by atoms with Crippen LogP contribution in [0.4, 0.5) is 9.52 Å². The molecule has 3 rings (SSSR count). The number of aromatic nitrogens is 2. The van der Waals surface area contributed by atoms with Gasteiger partial charge in [0.25, 0.3) is 5.91 Å². The summed E-state index contributed by atoms with van der Waals surface area (Å²) in [7, 11) is -3.99. The molecule has 1 N–H and O–H groups in total. The van der Waals surface area contributed by atoms with Crippen LogP contribution in [0.15, 0.2) is 23.1 Å². The molecule has 140 valence electrons. The van der Waals surface area contributed by atoms with Gasteiger partial charge in [0.05, 0.1) is 0 Å². The van der Waals surface area contributed by atoms with E-state index in [0.29, 0.717) is 29.1 Å².